The molecule has 3 aliphatic rings. The van der Waals surface area contributed by atoms with Crippen LogP contribution in [0.1, 0.15) is 76.0 Å². The molecule has 0 amide bonds. The van der Waals surface area contributed by atoms with Gasteiger partial charge in [0.1, 0.15) is 16.4 Å². The van der Waals surface area contributed by atoms with Gasteiger partial charge in [0, 0.05) is 48.3 Å². The molecule has 42 heavy (non-hydrogen) atoms. The van der Waals surface area contributed by atoms with Gasteiger partial charge in [0.15, 0.2) is 23.1 Å². The molecule has 1 aliphatic heterocycles. The third-order valence-corrected chi connectivity index (χ3v) is 9.39. The Morgan fingerprint density at radius 2 is 1.48 bits per heavy atom. The summed E-state index contributed by atoms with van der Waals surface area (Å²) in [6.07, 6.45) is 3.73. The first-order valence-electron chi connectivity index (χ1n) is 14.2. The summed E-state index contributed by atoms with van der Waals surface area (Å²) in [5.41, 5.74) is 2.51. The summed E-state index contributed by atoms with van der Waals surface area (Å²) in [6.45, 7) is 13.9. The van der Waals surface area contributed by atoms with Crippen molar-refractivity contribution in [2.75, 3.05) is 7.11 Å². The summed E-state index contributed by atoms with van der Waals surface area (Å²) in [5, 5.41) is 0. The Kier molecular flexibility index (Phi) is 7.50. The van der Waals surface area contributed by atoms with Crippen LogP contribution < -0.4 is 8.92 Å². The minimum atomic E-state index is -4.18. The number of hydrogen-bond donors (Lipinski definition) is 0. The summed E-state index contributed by atoms with van der Waals surface area (Å²) >= 11 is 0. The van der Waals surface area contributed by atoms with E-state index in [1.807, 2.05) is 34.6 Å². The van der Waals surface area contributed by atoms with Gasteiger partial charge >= 0.3 is 10.1 Å². The average molecular weight is 591 g/mol. The smallest absolute Gasteiger partial charge is 0.339 e. The Labute approximate surface area is 248 Å². The van der Waals surface area contributed by atoms with Crippen molar-refractivity contribution in [1.29, 1.82) is 0 Å². The average Bonchev–Trinajstić information content (AvgIpc) is 2.87. The standard InChI is InChI=1S/C34H38O7S/c1-8-9-21-14-22(15-26(39-7)32(21)41-42(37,38)23-12-10-20(2)11-13-23)29-30-24(35)16-33(3,4)18-27(30)40-28-19-34(5,6)17-25(36)31(28)29/h8,10-15,29H,1,9,16-19H2,2-7H3. The molecule has 0 saturated heterocycles. The van der Waals surface area contributed by atoms with E-state index in [0.29, 0.717) is 59.5 Å². The van der Waals surface area contributed by atoms with E-state index < -0.39 is 16.0 Å². The van der Waals surface area contributed by atoms with Crippen LogP contribution in [0.15, 0.2) is 76.6 Å². The normalized spacial score (nSPS) is 20.0. The van der Waals surface area contributed by atoms with Crippen molar-refractivity contribution in [3.8, 4) is 11.5 Å². The maximum Gasteiger partial charge on any atom is 0.339 e. The molecule has 0 radical (unpaired) electrons. The second kappa shape index (κ2) is 10.6. The van der Waals surface area contributed by atoms with E-state index >= 15 is 0 Å². The van der Waals surface area contributed by atoms with Gasteiger partial charge in [-0.3, -0.25) is 9.59 Å². The largest absolute Gasteiger partial charge is 0.493 e. The van der Waals surface area contributed by atoms with Crippen LogP contribution >= 0.6 is 0 Å². The fraction of sp³-hybridized carbons (Fsp3) is 0.412. The molecule has 1 heterocycles. The predicted molar refractivity (Wildman–Crippen MR) is 160 cm³/mol. The number of methoxy groups -OCH3 is 1. The second-order valence-electron chi connectivity index (χ2n) is 13.1. The Morgan fingerprint density at radius 1 is 0.929 bits per heavy atom. The van der Waals surface area contributed by atoms with Gasteiger partial charge in [0.05, 0.1) is 7.11 Å². The molecule has 2 aromatic rings. The zero-order valence-corrected chi connectivity index (χ0v) is 25.9. The van der Waals surface area contributed by atoms with Crippen LogP contribution in [0, 0.1) is 17.8 Å². The molecule has 0 unspecified atom stereocenters. The van der Waals surface area contributed by atoms with Gasteiger partial charge in [-0.2, -0.15) is 8.42 Å². The van der Waals surface area contributed by atoms with Gasteiger partial charge in [-0.15, -0.1) is 6.58 Å². The third-order valence-electron chi connectivity index (χ3n) is 8.16. The van der Waals surface area contributed by atoms with E-state index in [0.717, 1.165) is 5.56 Å². The number of Topliss-reactive ketones (excluding diaryl/α,β-unsaturated/α-hetero) is 2. The molecular formula is C34H38O7S. The first-order valence-corrected chi connectivity index (χ1v) is 15.6. The minimum Gasteiger partial charge on any atom is -0.493 e. The number of carbonyl (C=O) groups excluding carboxylic acids is 2. The van der Waals surface area contributed by atoms with Crippen LogP contribution in [0.25, 0.3) is 0 Å². The highest BCUT2D eigenvalue weighted by Crippen LogP contribution is 2.54. The Balaban J connectivity index is 1.69. The maximum absolute atomic E-state index is 13.7. The van der Waals surface area contributed by atoms with E-state index in [1.54, 1.807) is 30.3 Å². The summed E-state index contributed by atoms with van der Waals surface area (Å²) in [4.78, 5) is 27.4. The van der Waals surface area contributed by atoms with E-state index in [9.17, 15) is 18.0 Å². The number of ether oxygens (including phenoxy) is 2. The number of rotatable bonds is 7. The van der Waals surface area contributed by atoms with Crippen molar-refractivity contribution in [2.45, 2.75) is 77.5 Å². The van der Waals surface area contributed by atoms with Crippen LogP contribution in [-0.2, 0) is 30.9 Å². The quantitative estimate of drug-likeness (QED) is 0.256. The highest BCUT2D eigenvalue weighted by Gasteiger charge is 2.48. The molecule has 0 aromatic heterocycles. The molecule has 0 spiro atoms. The van der Waals surface area contributed by atoms with Crippen LogP contribution in [0.2, 0.25) is 0 Å². The number of benzene rings is 2. The van der Waals surface area contributed by atoms with Crippen LogP contribution in [-0.4, -0.2) is 27.1 Å². The number of hydrogen-bond acceptors (Lipinski definition) is 7. The molecule has 0 atom stereocenters. The lowest BCUT2D eigenvalue weighted by Gasteiger charge is -2.42. The van der Waals surface area contributed by atoms with Crippen molar-refractivity contribution < 1.29 is 31.7 Å². The molecule has 2 aromatic carbocycles. The molecule has 0 saturated carbocycles. The first kappa shape index (κ1) is 29.8. The Hall–Kier alpha value is -3.65. The van der Waals surface area contributed by atoms with Crippen molar-refractivity contribution in [3.05, 3.63) is 88.4 Å². The van der Waals surface area contributed by atoms with Gasteiger partial charge in [0.25, 0.3) is 0 Å². The Bertz CT molecular complexity index is 1600. The lowest BCUT2D eigenvalue weighted by Crippen LogP contribution is -2.37. The van der Waals surface area contributed by atoms with Crippen LogP contribution in [0.3, 0.4) is 0 Å². The SMILES string of the molecule is C=CCc1cc(C2C3=C(CC(C)(C)CC3=O)OC3=C2C(=O)CC(C)(C)C3)cc(OC)c1OS(=O)(=O)c1ccc(C)cc1. The lowest BCUT2D eigenvalue weighted by atomic mass is 9.65. The van der Waals surface area contributed by atoms with E-state index in [4.69, 9.17) is 13.7 Å². The van der Waals surface area contributed by atoms with E-state index in [2.05, 4.69) is 6.58 Å². The molecule has 0 fully saturated rings. The fourth-order valence-electron chi connectivity index (χ4n) is 6.27. The summed E-state index contributed by atoms with van der Waals surface area (Å²) in [7, 11) is -2.75. The summed E-state index contributed by atoms with van der Waals surface area (Å²) in [6, 6.07) is 9.87. The fourth-order valence-corrected chi connectivity index (χ4v) is 7.25. The lowest BCUT2D eigenvalue weighted by molar-refractivity contribution is -0.120. The highest BCUT2D eigenvalue weighted by molar-refractivity contribution is 7.87. The summed E-state index contributed by atoms with van der Waals surface area (Å²) < 4.78 is 44.4. The Morgan fingerprint density at radius 3 is 1.98 bits per heavy atom. The zero-order chi connectivity index (χ0) is 30.6. The van der Waals surface area contributed by atoms with Gasteiger partial charge in [-0.05, 0) is 47.9 Å². The number of carbonyl (C=O) groups is 2. The number of ketones is 2. The number of allylic oxidation sites excluding steroid dienone is 5. The van der Waals surface area contributed by atoms with E-state index in [-0.39, 0.29) is 45.2 Å². The predicted octanol–water partition coefficient (Wildman–Crippen LogP) is 6.90. The van der Waals surface area contributed by atoms with Gasteiger partial charge in [-0.1, -0.05) is 57.5 Å². The van der Waals surface area contributed by atoms with Gasteiger partial charge in [0.2, 0.25) is 0 Å². The topological polar surface area (TPSA) is 96.0 Å². The molecule has 0 bridgehead atoms. The van der Waals surface area contributed by atoms with Crippen LogP contribution in [0.5, 0.6) is 11.5 Å². The zero-order valence-electron chi connectivity index (χ0n) is 25.1. The van der Waals surface area contributed by atoms with Crippen molar-refractivity contribution in [2.24, 2.45) is 10.8 Å². The van der Waals surface area contributed by atoms with Crippen molar-refractivity contribution in [3.63, 3.8) is 0 Å². The third kappa shape index (κ3) is 5.56. The van der Waals surface area contributed by atoms with Crippen molar-refractivity contribution >= 4 is 21.7 Å². The second-order valence-corrected chi connectivity index (χ2v) is 14.7. The highest BCUT2D eigenvalue weighted by atomic mass is 32.2. The van der Waals surface area contributed by atoms with Gasteiger partial charge < -0.3 is 13.7 Å². The first-order chi connectivity index (χ1) is 19.6. The molecule has 2 aliphatic carbocycles. The molecule has 0 N–H and O–H groups in total. The van der Waals surface area contributed by atoms with Gasteiger partial charge in [-0.25, -0.2) is 0 Å². The van der Waals surface area contributed by atoms with Crippen LogP contribution in [0.4, 0.5) is 0 Å². The monoisotopic (exact) mass is 590 g/mol. The molecular weight excluding hydrogens is 552 g/mol. The molecule has 222 valence electrons. The molecule has 7 nitrogen and oxygen atoms in total. The maximum atomic E-state index is 13.7. The van der Waals surface area contributed by atoms with E-state index in [1.165, 1.54) is 19.2 Å². The minimum absolute atomic E-state index is 0.0173. The molecule has 5 rings (SSSR count). The molecule has 8 heteroatoms. The van der Waals surface area contributed by atoms with Crippen molar-refractivity contribution in [1.82, 2.24) is 0 Å². The summed E-state index contributed by atoms with van der Waals surface area (Å²) in [5.74, 6) is 0.682. The number of aryl methyl sites for hydroxylation is 1.